The van der Waals surface area contributed by atoms with Crippen LogP contribution < -0.4 is 5.32 Å². The van der Waals surface area contributed by atoms with Gasteiger partial charge in [0.1, 0.15) is 0 Å². The molecular weight excluding hydrogens is 376 g/mol. The third-order valence-electron chi connectivity index (χ3n) is 6.74. The first-order chi connectivity index (χ1) is 11.9. The normalized spacial score (nSPS) is 37.3. The first-order valence-corrected chi connectivity index (χ1v) is 10.4. The number of amides is 1. The zero-order valence-corrected chi connectivity index (χ0v) is 16.9. The Morgan fingerprint density at radius 2 is 1.84 bits per heavy atom. The molecular formula is C21H29BrN2O. The molecule has 4 heteroatoms. The number of hydrogen-bond donors (Lipinski definition) is 1. The molecule has 0 spiro atoms. The first kappa shape index (κ1) is 17.5. The van der Waals surface area contributed by atoms with Gasteiger partial charge in [-0.3, -0.25) is 4.79 Å². The van der Waals surface area contributed by atoms with Crippen molar-refractivity contribution in [3.8, 4) is 0 Å². The monoisotopic (exact) mass is 404 g/mol. The Kier molecular flexibility index (Phi) is 4.48. The van der Waals surface area contributed by atoms with Gasteiger partial charge in [-0.1, -0.05) is 46.3 Å². The van der Waals surface area contributed by atoms with E-state index in [1.807, 2.05) is 6.07 Å². The maximum absolute atomic E-state index is 13.2. The van der Waals surface area contributed by atoms with Crippen molar-refractivity contribution in [1.82, 2.24) is 10.2 Å². The van der Waals surface area contributed by atoms with Gasteiger partial charge in [0, 0.05) is 10.9 Å². The van der Waals surface area contributed by atoms with Gasteiger partial charge >= 0.3 is 0 Å². The summed E-state index contributed by atoms with van der Waals surface area (Å²) in [5.41, 5.74) is 1.14. The summed E-state index contributed by atoms with van der Waals surface area (Å²) in [6, 6.07) is 10.7. The molecule has 0 radical (unpaired) electrons. The van der Waals surface area contributed by atoms with Crippen molar-refractivity contribution in [2.45, 2.75) is 48.9 Å². The number of nitrogens with zero attached hydrogens (tertiary/aromatic N) is 1. The Bertz CT molecular complexity index is 631. The molecule has 0 aromatic heterocycles. The number of halogens is 1. The smallest absolute Gasteiger partial charge is 0.226 e. The Morgan fingerprint density at radius 3 is 2.40 bits per heavy atom. The second kappa shape index (κ2) is 6.38. The first-order valence-electron chi connectivity index (χ1n) is 9.58. The Balaban J connectivity index is 1.47. The minimum absolute atomic E-state index is 0.124. The van der Waals surface area contributed by atoms with Gasteiger partial charge < -0.3 is 10.2 Å². The molecule has 4 bridgehead atoms. The highest BCUT2D eigenvalue weighted by Gasteiger charge is 2.59. The number of carbonyl (C=O) groups excluding carboxylic acids is 1. The predicted octanol–water partition coefficient (Wildman–Crippen LogP) is 4.14. The summed E-state index contributed by atoms with van der Waals surface area (Å²) in [7, 11) is 4.17. The lowest BCUT2D eigenvalue weighted by molar-refractivity contribution is -0.144. The molecule has 25 heavy (non-hydrogen) atoms. The Morgan fingerprint density at radius 1 is 1.20 bits per heavy atom. The lowest BCUT2D eigenvalue weighted by Gasteiger charge is -2.59. The van der Waals surface area contributed by atoms with Gasteiger partial charge in [0.15, 0.2) is 0 Å². The van der Waals surface area contributed by atoms with E-state index in [1.165, 1.54) is 24.8 Å². The van der Waals surface area contributed by atoms with E-state index in [4.69, 9.17) is 0 Å². The number of carbonyl (C=O) groups is 1. The number of alkyl halides is 1. The standard InChI is InChI=1S/C21H29BrN2O/c1-24(2)18(17-6-4-3-5-7-17)13-23-19(25)20-9-15-8-16(10-20)12-21(22,11-15)14-20/h3-7,15-16,18H,8-14H2,1-2H3,(H,23,25)/t15-,16-,18-,20?,21?/m0/s1. The number of hydrogen-bond acceptors (Lipinski definition) is 2. The average Bonchev–Trinajstić information content (AvgIpc) is 2.53. The lowest BCUT2D eigenvalue weighted by atomic mass is 9.49. The van der Waals surface area contributed by atoms with Crippen molar-refractivity contribution in [2.24, 2.45) is 17.3 Å². The van der Waals surface area contributed by atoms with E-state index in [9.17, 15) is 4.79 Å². The second-order valence-electron chi connectivity index (χ2n) is 8.99. The topological polar surface area (TPSA) is 32.3 Å². The molecule has 0 heterocycles. The molecule has 0 aliphatic heterocycles. The van der Waals surface area contributed by atoms with E-state index in [2.05, 4.69) is 64.5 Å². The predicted molar refractivity (Wildman–Crippen MR) is 105 cm³/mol. The van der Waals surface area contributed by atoms with Crippen molar-refractivity contribution in [2.75, 3.05) is 20.6 Å². The summed E-state index contributed by atoms with van der Waals surface area (Å²) in [5, 5.41) is 3.34. The van der Waals surface area contributed by atoms with Crippen molar-refractivity contribution >= 4 is 21.8 Å². The molecule has 1 aromatic rings. The maximum Gasteiger partial charge on any atom is 0.226 e. The molecule has 4 saturated carbocycles. The molecule has 136 valence electrons. The fourth-order valence-electron chi connectivity index (χ4n) is 6.07. The van der Waals surface area contributed by atoms with E-state index in [1.54, 1.807) is 0 Å². The van der Waals surface area contributed by atoms with Gasteiger partial charge in [-0.25, -0.2) is 0 Å². The third kappa shape index (κ3) is 3.28. The second-order valence-corrected chi connectivity index (χ2v) is 10.7. The van der Waals surface area contributed by atoms with E-state index in [-0.39, 0.29) is 15.8 Å². The molecule has 0 saturated heterocycles. The quantitative estimate of drug-likeness (QED) is 0.747. The summed E-state index contributed by atoms with van der Waals surface area (Å²) < 4.78 is 0.231. The molecule has 3 atom stereocenters. The van der Waals surface area contributed by atoms with Crippen LogP contribution in [0.15, 0.2) is 30.3 Å². The highest BCUT2D eigenvalue weighted by molar-refractivity contribution is 9.10. The van der Waals surface area contributed by atoms with Crippen LogP contribution >= 0.6 is 15.9 Å². The van der Waals surface area contributed by atoms with Crippen molar-refractivity contribution < 1.29 is 4.79 Å². The number of nitrogens with one attached hydrogen (secondary N) is 1. The molecule has 1 N–H and O–H groups in total. The summed E-state index contributed by atoms with van der Waals surface area (Å²) in [5.74, 6) is 1.78. The third-order valence-corrected chi connectivity index (χ3v) is 7.66. The molecule has 1 amide bonds. The van der Waals surface area contributed by atoms with Crippen LogP contribution in [0.1, 0.15) is 50.1 Å². The van der Waals surface area contributed by atoms with Crippen LogP contribution in [0.2, 0.25) is 0 Å². The molecule has 5 rings (SSSR count). The van der Waals surface area contributed by atoms with Crippen LogP contribution in [0, 0.1) is 17.3 Å². The number of rotatable bonds is 5. The van der Waals surface area contributed by atoms with Crippen molar-refractivity contribution in [1.29, 1.82) is 0 Å². The molecule has 0 unspecified atom stereocenters. The van der Waals surface area contributed by atoms with E-state index in [0.717, 1.165) is 31.1 Å². The number of benzene rings is 1. The van der Waals surface area contributed by atoms with Gasteiger partial charge in [-0.2, -0.15) is 0 Å². The largest absolute Gasteiger partial charge is 0.354 e. The van der Waals surface area contributed by atoms with Crippen LogP contribution in [0.5, 0.6) is 0 Å². The van der Waals surface area contributed by atoms with Crippen LogP contribution in [-0.4, -0.2) is 35.8 Å². The fraction of sp³-hybridized carbons (Fsp3) is 0.667. The summed E-state index contributed by atoms with van der Waals surface area (Å²) in [4.78, 5) is 15.4. The van der Waals surface area contributed by atoms with Gasteiger partial charge in [-0.15, -0.1) is 0 Å². The minimum Gasteiger partial charge on any atom is -0.354 e. The highest BCUT2D eigenvalue weighted by atomic mass is 79.9. The van der Waals surface area contributed by atoms with Gasteiger partial charge in [0.2, 0.25) is 5.91 Å². The van der Waals surface area contributed by atoms with Crippen LogP contribution in [-0.2, 0) is 4.79 Å². The van der Waals surface area contributed by atoms with Crippen molar-refractivity contribution in [3.63, 3.8) is 0 Å². The molecule has 4 aliphatic rings. The van der Waals surface area contributed by atoms with Crippen molar-refractivity contribution in [3.05, 3.63) is 35.9 Å². The van der Waals surface area contributed by atoms with E-state index >= 15 is 0 Å². The highest BCUT2D eigenvalue weighted by Crippen LogP contribution is 2.64. The van der Waals surface area contributed by atoms with Gasteiger partial charge in [0.25, 0.3) is 0 Å². The molecule has 4 aliphatic carbocycles. The van der Waals surface area contributed by atoms with Gasteiger partial charge in [-0.05, 0) is 70.0 Å². The molecule has 4 fully saturated rings. The maximum atomic E-state index is 13.2. The molecule has 3 nitrogen and oxygen atoms in total. The zero-order valence-electron chi connectivity index (χ0n) is 15.3. The summed E-state index contributed by atoms with van der Waals surface area (Å²) in [6.45, 7) is 0.683. The van der Waals surface area contributed by atoms with Gasteiger partial charge in [0.05, 0.1) is 11.5 Å². The Labute approximate surface area is 159 Å². The molecule has 1 aromatic carbocycles. The van der Waals surface area contributed by atoms with E-state index in [0.29, 0.717) is 12.5 Å². The SMILES string of the molecule is CN(C)[C@@H](CNC(=O)C12C[C@@H]3C[C@H](CC(Br)(C3)C1)C2)c1ccccc1. The minimum atomic E-state index is -0.124. The van der Waals surface area contributed by atoms with E-state index < -0.39 is 0 Å². The summed E-state index contributed by atoms with van der Waals surface area (Å²) >= 11 is 4.01. The zero-order chi connectivity index (χ0) is 17.7. The lowest BCUT2D eigenvalue weighted by Crippen LogP contribution is -2.58. The number of likely N-dealkylation sites (N-methyl/N-ethyl adjacent to an activating group) is 1. The average molecular weight is 405 g/mol. The van der Waals surface area contributed by atoms with Crippen LogP contribution in [0.25, 0.3) is 0 Å². The summed E-state index contributed by atoms with van der Waals surface area (Å²) in [6.07, 6.45) is 7.09. The van der Waals surface area contributed by atoms with Crippen LogP contribution in [0.3, 0.4) is 0 Å². The van der Waals surface area contributed by atoms with Crippen LogP contribution in [0.4, 0.5) is 0 Å². The Hall–Kier alpha value is -0.870. The fourth-order valence-corrected chi connectivity index (χ4v) is 7.52.